The van der Waals surface area contributed by atoms with Gasteiger partial charge in [-0.1, -0.05) is 31.2 Å². The van der Waals surface area contributed by atoms with Crippen LogP contribution in [0.3, 0.4) is 0 Å². The van der Waals surface area contributed by atoms with Crippen molar-refractivity contribution in [2.75, 3.05) is 25.1 Å². The number of anilines is 1. The van der Waals surface area contributed by atoms with Gasteiger partial charge in [-0.15, -0.1) is 0 Å². The molecule has 29 heavy (non-hydrogen) atoms. The zero-order valence-electron chi connectivity index (χ0n) is 17.9. The van der Waals surface area contributed by atoms with E-state index in [-0.39, 0.29) is 11.9 Å². The Morgan fingerprint density at radius 3 is 2.28 bits per heavy atom. The Kier molecular flexibility index (Phi) is 7.02. The zero-order chi connectivity index (χ0) is 20.8. The van der Waals surface area contributed by atoms with Crippen molar-refractivity contribution in [2.24, 2.45) is 5.92 Å². The van der Waals surface area contributed by atoms with Gasteiger partial charge in [-0.05, 0) is 62.4 Å². The topological polar surface area (TPSA) is 50.8 Å². The number of para-hydroxylation sites is 2. The summed E-state index contributed by atoms with van der Waals surface area (Å²) in [5.41, 5.74) is 2.34. The summed E-state index contributed by atoms with van der Waals surface area (Å²) in [5, 5.41) is 3.04. The van der Waals surface area contributed by atoms with Gasteiger partial charge in [-0.3, -0.25) is 4.79 Å². The van der Waals surface area contributed by atoms with Crippen LogP contribution < -0.4 is 19.7 Å². The van der Waals surface area contributed by atoms with Crippen molar-refractivity contribution in [1.29, 1.82) is 0 Å². The van der Waals surface area contributed by atoms with E-state index in [1.165, 1.54) is 18.5 Å². The standard InChI is InChI=1S/C24H32N2O3/c1-17-13-15-26(16-14-17)21-11-9-20(10-12-21)18(2)25-24(27)19(3)29-23-8-6-5-7-22(23)28-4/h5-12,17-19H,13-16H2,1-4H3,(H,25,27)/t18-,19+/m0/s1. The summed E-state index contributed by atoms with van der Waals surface area (Å²) >= 11 is 0. The number of rotatable bonds is 7. The van der Waals surface area contributed by atoms with E-state index in [0.717, 1.165) is 24.6 Å². The summed E-state index contributed by atoms with van der Waals surface area (Å²) in [6, 6.07) is 15.8. The molecule has 3 rings (SSSR count). The van der Waals surface area contributed by atoms with E-state index in [9.17, 15) is 4.79 Å². The molecule has 0 radical (unpaired) electrons. The molecule has 0 spiro atoms. The average Bonchev–Trinajstić information content (AvgIpc) is 2.74. The largest absolute Gasteiger partial charge is 0.493 e. The third-order valence-electron chi connectivity index (χ3n) is 5.64. The molecule has 0 unspecified atom stereocenters. The lowest BCUT2D eigenvalue weighted by molar-refractivity contribution is -0.127. The molecule has 1 saturated heterocycles. The Bertz CT molecular complexity index is 798. The molecule has 2 atom stereocenters. The number of carbonyl (C=O) groups excluding carboxylic acids is 1. The van der Waals surface area contributed by atoms with Gasteiger partial charge in [-0.2, -0.15) is 0 Å². The summed E-state index contributed by atoms with van der Waals surface area (Å²) in [6.45, 7) is 8.29. The maximum absolute atomic E-state index is 12.6. The highest BCUT2D eigenvalue weighted by molar-refractivity contribution is 5.81. The zero-order valence-corrected chi connectivity index (χ0v) is 17.9. The minimum absolute atomic E-state index is 0.0957. The number of amides is 1. The van der Waals surface area contributed by atoms with Crippen LogP contribution in [-0.4, -0.2) is 32.2 Å². The molecule has 1 aliphatic heterocycles. The summed E-state index contributed by atoms with van der Waals surface area (Å²) in [4.78, 5) is 15.0. The van der Waals surface area contributed by atoms with Gasteiger partial charge < -0.3 is 19.7 Å². The second-order valence-electron chi connectivity index (χ2n) is 7.90. The number of carbonyl (C=O) groups is 1. The predicted molar refractivity (Wildman–Crippen MR) is 117 cm³/mol. The van der Waals surface area contributed by atoms with Gasteiger partial charge in [0, 0.05) is 18.8 Å². The molecule has 2 aromatic rings. The van der Waals surface area contributed by atoms with Crippen LogP contribution in [0.4, 0.5) is 5.69 Å². The van der Waals surface area contributed by atoms with Crippen molar-refractivity contribution in [2.45, 2.75) is 45.8 Å². The Labute approximate surface area is 174 Å². The predicted octanol–water partition coefficient (Wildman–Crippen LogP) is 4.58. The molecule has 1 heterocycles. The van der Waals surface area contributed by atoms with Gasteiger partial charge in [-0.25, -0.2) is 0 Å². The van der Waals surface area contributed by atoms with E-state index in [1.54, 1.807) is 20.1 Å². The second kappa shape index (κ2) is 9.68. The van der Waals surface area contributed by atoms with Gasteiger partial charge in [0.25, 0.3) is 5.91 Å². The Morgan fingerprint density at radius 1 is 1.03 bits per heavy atom. The first-order valence-electron chi connectivity index (χ1n) is 10.4. The molecule has 1 N–H and O–H groups in total. The van der Waals surface area contributed by atoms with Crippen LogP contribution in [0, 0.1) is 5.92 Å². The third-order valence-corrected chi connectivity index (χ3v) is 5.64. The quantitative estimate of drug-likeness (QED) is 0.744. The van der Waals surface area contributed by atoms with Crippen LogP contribution in [0.1, 0.15) is 45.2 Å². The van der Waals surface area contributed by atoms with Gasteiger partial charge in [0.2, 0.25) is 0 Å². The number of nitrogens with one attached hydrogen (secondary N) is 1. The van der Waals surface area contributed by atoms with Crippen molar-refractivity contribution in [3.63, 3.8) is 0 Å². The molecular weight excluding hydrogens is 364 g/mol. The Morgan fingerprint density at radius 2 is 1.66 bits per heavy atom. The van der Waals surface area contributed by atoms with E-state index < -0.39 is 6.10 Å². The number of piperidine rings is 1. The van der Waals surface area contributed by atoms with Gasteiger partial charge >= 0.3 is 0 Å². The van der Waals surface area contributed by atoms with Crippen molar-refractivity contribution in [1.82, 2.24) is 5.32 Å². The molecule has 5 nitrogen and oxygen atoms in total. The maximum atomic E-state index is 12.6. The fourth-order valence-electron chi connectivity index (χ4n) is 3.61. The molecular formula is C24H32N2O3. The molecule has 0 bridgehead atoms. The molecule has 0 saturated carbocycles. The monoisotopic (exact) mass is 396 g/mol. The average molecular weight is 397 g/mol. The first-order valence-corrected chi connectivity index (χ1v) is 10.4. The molecule has 1 aliphatic rings. The highest BCUT2D eigenvalue weighted by atomic mass is 16.5. The highest BCUT2D eigenvalue weighted by Crippen LogP contribution is 2.27. The highest BCUT2D eigenvalue weighted by Gasteiger charge is 2.20. The van der Waals surface area contributed by atoms with Gasteiger partial charge in [0.15, 0.2) is 17.6 Å². The molecule has 156 valence electrons. The first-order chi connectivity index (χ1) is 14.0. The van der Waals surface area contributed by atoms with Crippen molar-refractivity contribution in [3.05, 3.63) is 54.1 Å². The smallest absolute Gasteiger partial charge is 0.261 e. The molecule has 2 aromatic carbocycles. The van der Waals surface area contributed by atoms with Gasteiger partial charge in [0.05, 0.1) is 13.2 Å². The van der Waals surface area contributed by atoms with Crippen LogP contribution in [0.5, 0.6) is 11.5 Å². The SMILES string of the molecule is COc1ccccc1O[C@H](C)C(=O)N[C@@H](C)c1ccc(N2CCC(C)CC2)cc1. The second-order valence-corrected chi connectivity index (χ2v) is 7.90. The molecule has 0 aromatic heterocycles. The fourth-order valence-corrected chi connectivity index (χ4v) is 3.61. The van der Waals surface area contributed by atoms with E-state index in [0.29, 0.717) is 11.5 Å². The number of nitrogens with zero attached hydrogens (tertiary/aromatic N) is 1. The summed E-state index contributed by atoms with van der Waals surface area (Å²) in [6.07, 6.45) is 1.87. The minimum atomic E-state index is -0.622. The number of benzene rings is 2. The van der Waals surface area contributed by atoms with E-state index in [1.807, 2.05) is 25.1 Å². The summed E-state index contributed by atoms with van der Waals surface area (Å²) in [5.74, 6) is 1.84. The van der Waals surface area contributed by atoms with Gasteiger partial charge in [0.1, 0.15) is 0 Å². The fraction of sp³-hybridized carbons (Fsp3) is 0.458. The van der Waals surface area contributed by atoms with Crippen molar-refractivity contribution < 1.29 is 14.3 Å². The number of methoxy groups -OCH3 is 1. The number of hydrogen-bond donors (Lipinski definition) is 1. The molecule has 1 amide bonds. The van der Waals surface area contributed by atoms with Crippen molar-refractivity contribution in [3.8, 4) is 11.5 Å². The van der Waals surface area contributed by atoms with Crippen LogP contribution in [0.25, 0.3) is 0 Å². The minimum Gasteiger partial charge on any atom is -0.493 e. The lowest BCUT2D eigenvalue weighted by Gasteiger charge is -2.32. The van der Waals surface area contributed by atoms with Crippen LogP contribution in [-0.2, 0) is 4.79 Å². The maximum Gasteiger partial charge on any atom is 0.261 e. The lowest BCUT2D eigenvalue weighted by Crippen LogP contribution is -2.37. The van der Waals surface area contributed by atoms with Crippen molar-refractivity contribution >= 4 is 11.6 Å². The number of ether oxygens (including phenoxy) is 2. The van der Waals surface area contributed by atoms with Crippen LogP contribution >= 0.6 is 0 Å². The van der Waals surface area contributed by atoms with E-state index in [4.69, 9.17) is 9.47 Å². The third kappa shape index (κ3) is 5.43. The van der Waals surface area contributed by atoms with E-state index in [2.05, 4.69) is 41.4 Å². The summed E-state index contributed by atoms with van der Waals surface area (Å²) < 4.78 is 11.1. The first kappa shape index (κ1) is 21.0. The summed E-state index contributed by atoms with van der Waals surface area (Å²) in [7, 11) is 1.59. The number of hydrogen-bond acceptors (Lipinski definition) is 4. The van der Waals surface area contributed by atoms with E-state index >= 15 is 0 Å². The van der Waals surface area contributed by atoms with Crippen LogP contribution in [0.15, 0.2) is 48.5 Å². The molecule has 0 aliphatic carbocycles. The lowest BCUT2D eigenvalue weighted by atomic mass is 9.98. The Hall–Kier alpha value is -2.69. The van der Waals surface area contributed by atoms with Crippen LogP contribution in [0.2, 0.25) is 0 Å². The molecule has 1 fully saturated rings. The molecule has 5 heteroatoms. The Balaban J connectivity index is 1.56. The normalized spacial score (nSPS) is 16.8.